The van der Waals surface area contributed by atoms with Gasteiger partial charge in [-0.2, -0.15) is 0 Å². The molecule has 2 N–H and O–H groups in total. The maximum Gasteiger partial charge on any atom is 0.167 e. The van der Waals surface area contributed by atoms with Gasteiger partial charge in [0, 0.05) is 19.8 Å². The van der Waals surface area contributed by atoms with Gasteiger partial charge in [0.1, 0.15) is 0 Å². The van der Waals surface area contributed by atoms with Crippen molar-refractivity contribution >= 4 is 0 Å². The van der Waals surface area contributed by atoms with Crippen LogP contribution in [-0.4, -0.2) is 30.3 Å². The first kappa shape index (κ1) is 8.14. The van der Waals surface area contributed by atoms with Crippen LogP contribution < -0.4 is 5.32 Å². The topological polar surface area (TPSA) is 35.5 Å². The minimum absolute atomic E-state index is 0.523. The van der Waals surface area contributed by atoms with Crippen molar-refractivity contribution in [2.75, 3.05) is 14.1 Å². The van der Waals surface area contributed by atoms with Crippen LogP contribution >= 0.6 is 0 Å². The standard InChI is InChI=1S/C8H14N2O/c1-6-4-5-7(9-2)8(11)10(6)3/h4-5,8-9,11H,1-3H3. The molecule has 62 valence electrons. The second-order valence-corrected chi connectivity index (χ2v) is 2.66. The van der Waals surface area contributed by atoms with Crippen molar-refractivity contribution in [3.8, 4) is 0 Å². The highest BCUT2D eigenvalue weighted by Gasteiger charge is 2.17. The summed E-state index contributed by atoms with van der Waals surface area (Å²) in [4.78, 5) is 1.81. The third kappa shape index (κ3) is 1.38. The molecule has 3 nitrogen and oxygen atoms in total. The lowest BCUT2D eigenvalue weighted by Gasteiger charge is -2.30. The van der Waals surface area contributed by atoms with E-state index in [9.17, 15) is 5.11 Å². The van der Waals surface area contributed by atoms with E-state index in [1.807, 2.05) is 31.0 Å². The van der Waals surface area contributed by atoms with E-state index in [-0.39, 0.29) is 0 Å². The zero-order valence-electron chi connectivity index (χ0n) is 7.13. The average molecular weight is 154 g/mol. The number of nitrogens with one attached hydrogen (secondary N) is 1. The summed E-state index contributed by atoms with van der Waals surface area (Å²) in [5.74, 6) is 0. The Balaban J connectivity index is 2.84. The molecule has 1 aliphatic rings. The largest absolute Gasteiger partial charge is 0.388 e. The van der Waals surface area contributed by atoms with Crippen LogP contribution in [-0.2, 0) is 0 Å². The Morgan fingerprint density at radius 3 is 2.73 bits per heavy atom. The maximum absolute atomic E-state index is 9.56. The number of hydrogen-bond donors (Lipinski definition) is 2. The van der Waals surface area contributed by atoms with Crippen LogP contribution in [0.1, 0.15) is 6.92 Å². The van der Waals surface area contributed by atoms with E-state index in [0.29, 0.717) is 0 Å². The molecule has 1 heterocycles. The van der Waals surface area contributed by atoms with Crippen LogP contribution in [0.4, 0.5) is 0 Å². The first-order valence-corrected chi connectivity index (χ1v) is 3.64. The molecule has 1 rings (SSSR count). The van der Waals surface area contributed by atoms with Gasteiger partial charge in [-0.3, -0.25) is 0 Å². The maximum atomic E-state index is 9.56. The zero-order valence-corrected chi connectivity index (χ0v) is 7.13. The van der Waals surface area contributed by atoms with Crippen molar-refractivity contribution in [3.05, 3.63) is 23.5 Å². The molecule has 0 aromatic heterocycles. The van der Waals surface area contributed by atoms with Gasteiger partial charge in [-0.05, 0) is 19.1 Å². The van der Waals surface area contributed by atoms with Crippen LogP contribution in [0.2, 0.25) is 0 Å². The van der Waals surface area contributed by atoms with Crippen molar-refractivity contribution < 1.29 is 5.11 Å². The van der Waals surface area contributed by atoms with E-state index in [0.717, 1.165) is 11.4 Å². The predicted molar refractivity (Wildman–Crippen MR) is 44.7 cm³/mol. The van der Waals surface area contributed by atoms with Gasteiger partial charge < -0.3 is 15.3 Å². The van der Waals surface area contributed by atoms with Crippen LogP contribution in [0.3, 0.4) is 0 Å². The summed E-state index contributed by atoms with van der Waals surface area (Å²) in [6, 6.07) is 0. The summed E-state index contributed by atoms with van der Waals surface area (Å²) < 4.78 is 0. The van der Waals surface area contributed by atoms with E-state index in [4.69, 9.17) is 0 Å². The molecule has 0 bridgehead atoms. The van der Waals surface area contributed by atoms with Gasteiger partial charge in [0.05, 0.1) is 5.70 Å². The Bertz CT molecular complexity index is 208. The van der Waals surface area contributed by atoms with Crippen LogP contribution in [0.15, 0.2) is 23.5 Å². The summed E-state index contributed by atoms with van der Waals surface area (Å²) in [5, 5.41) is 12.5. The number of likely N-dealkylation sites (N-methyl/N-ethyl adjacent to an activating group) is 2. The van der Waals surface area contributed by atoms with Crippen LogP contribution in [0.25, 0.3) is 0 Å². The molecule has 0 aliphatic carbocycles. The van der Waals surface area contributed by atoms with Crippen molar-refractivity contribution in [2.45, 2.75) is 13.2 Å². The fourth-order valence-corrected chi connectivity index (χ4v) is 1.03. The van der Waals surface area contributed by atoms with Gasteiger partial charge in [0.25, 0.3) is 0 Å². The van der Waals surface area contributed by atoms with E-state index in [1.54, 1.807) is 7.05 Å². The second kappa shape index (κ2) is 2.96. The molecule has 0 amide bonds. The van der Waals surface area contributed by atoms with Gasteiger partial charge in [0.2, 0.25) is 0 Å². The first-order valence-electron chi connectivity index (χ1n) is 3.64. The van der Waals surface area contributed by atoms with Crippen molar-refractivity contribution in [1.82, 2.24) is 10.2 Å². The van der Waals surface area contributed by atoms with E-state index >= 15 is 0 Å². The summed E-state index contributed by atoms with van der Waals surface area (Å²) in [7, 11) is 3.66. The summed E-state index contributed by atoms with van der Waals surface area (Å²) >= 11 is 0. The monoisotopic (exact) mass is 154 g/mol. The van der Waals surface area contributed by atoms with Crippen molar-refractivity contribution in [3.63, 3.8) is 0 Å². The SMILES string of the molecule is CNC1=CC=C(C)N(C)C1O. The molecular formula is C8H14N2O. The first-order chi connectivity index (χ1) is 5.16. The number of aliphatic hydroxyl groups is 1. The Morgan fingerprint density at radius 1 is 1.55 bits per heavy atom. The van der Waals surface area contributed by atoms with Gasteiger partial charge in [-0.25, -0.2) is 0 Å². The highest BCUT2D eigenvalue weighted by molar-refractivity contribution is 5.23. The summed E-state index contributed by atoms with van der Waals surface area (Å²) in [6.45, 7) is 1.96. The Hall–Kier alpha value is -0.960. The number of nitrogens with zero attached hydrogens (tertiary/aromatic N) is 1. The molecule has 1 aliphatic heterocycles. The predicted octanol–water partition coefficient (Wildman–Crippen LogP) is 0.257. The third-order valence-corrected chi connectivity index (χ3v) is 1.99. The van der Waals surface area contributed by atoms with E-state index < -0.39 is 6.23 Å². The zero-order chi connectivity index (χ0) is 8.43. The molecular weight excluding hydrogens is 140 g/mol. The lowest BCUT2D eigenvalue weighted by atomic mass is 10.2. The van der Waals surface area contributed by atoms with Gasteiger partial charge in [-0.15, -0.1) is 0 Å². The summed E-state index contributed by atoms with van der Waals surface area (Å²) in [6.07, 6.45) is 3.34. The van der Waals surface area contributed by atoms with E-state index in [2.05, 4.69) is 5.32 Å². The molecule has 1 unspecified atom stereocenters. The molecule has 0 saturated heterocycles. The number of aliphatic hydroxyl groups excluding tert-OH is 1. The van der Waals surface area contributed by atoms with Gasteiger partial charge in [0.15, 0.2) is 6.23 Å². The Morgan fingerprint density at radius 2 is 2.18 bits per heavy atom. The number of allylic oxidation sites excluding steroid dienone is 3. The second-order valence-electron chi connectivity index (χ2n) is 2.66. The average Bonchev–Trinajstić information content (AvgIpc) is 2.01. The molecule has 3 heteroatoms. The lowest BCUT2D eigenvalue weighted by molar-refractivity contribution is 0.0708. The Kier molecular flexibility index (Phi) is 2.19. The fraction of sp³-hybridized carbons (Fsp3) is 0.500. The quantitative estimate of drug-likeness (QED) is 0.568. The molecule has 0 saturated carbocycles. The normalized spacial score (nSPS) is 24.4. The third-order valence-electron chi connectivity index (χ3n) is 1.99. The lowest BCUT2D eigenvalue weighted by Crippen LogP contribution is -2.37. The number of rotatable bonds is 1. The van der Waals surface area contributed by atoms with Gasteiger partial charge >= 0.3 is 0 Å². The highest BCUT2D eigenvalue weighted by Crippen LogP contribution is 2.15. The van der Waals surface area contributed by atoms with E-state index in [1.165, 1.54) is 0 Å². The molecule has 1 atom stereocenters. The van der Waals surface area contributed by atoms with Crippen LogP contribution in [0, 0.1) is 0 Å². The van der Waals surface area contributed by atoms with Crippen LogP contribution in [0.5, 0.6) is 0 Å². The van der Waals surface area contributed by atoms with Crippen molar-refractivity contribution in [2.24, 2.45) is 0 Å². The number of hydrogen-bond acceptors (Lipinski definition) is 3. The minimum atomic E-state index is -0.523. The molecule has 0 aromatic carbocycles. The highest BCUT2D eigenvalue weighted by atomic mass is 16.3. The Labute approximate surface area is 67.0 Å². The minimum Gasteiger partial charge on any atom is -0.388 e. The molecule has 11 heavy (non-hydrogen) atoms. The smallest absolute Gasteiger partial charge is 0.167 e. The molecule has 0 spiro atoms. The molecule has 0 radical (unpaired) electrons. The molecule has 0 aromatic rings. The summed E-state index contributed by atoms with van der Waals surface area (Å²) in [5.41, 5.74) is 1.90. The van der Waals surface area contributed by atoms with Gasteiger partial charge in [-0.1, -0.05) is 0 Å². The fourth-order valence-electron chi connectivity index (χ4n) is 1.03. The van der Waals surface area contributed by atoms with Crippen molar-refractivity contribution in [1.29, 1.82) is 0 Å². The molecule has 0 fully saturated rings.